The van der Waals surface area contributed by atoms with E-state index in [2.05, 4.69) is 26.0 Å². The minimum Gasteiger partial charge on any atom is -0.462 e. The van der Waals surface area contributed by atoms with E-state index in [4.69, 9.17) is 24.3 Å². The first-order valence-corrected chi connectivity index (χ1v) is 33.7. The molecule has 73 heavy (non-hydrogen) atoms. The molecule has 0 rings (SSSR count). The number of hydrogen-bond acceptors (Lipinski definition) is 8. The summed E-state index contributed by atoms with van der Waals surface area (Å²) in [7, 11) is -4.38. The molecule has 3 N–H and O–H groups in total. The molecule has 0 heterocycles. The number of phosphoric acid groups is 1. The maximum atomic E-state index is 12.6. The molecule has 2 unspecified atom stereocenters. The topological polar surface area (TPSA) is 134 Å². The van der Waals surface area contributed by atoms with Gasteiger partial charge in [-0.15, -0.1) is 0 Å². The van der Waals surface area contributed by atoms with Crippen LogP contribution in [0.5, 0.6) is 0 Å². The average Bonchev–Trinajstić information content (AvgIpc) is 3.38. The van der Waals surface area contributed by atoms with Gasteiger partial charge in [-0.25, -0.2) is 4.57 Å². The monoisotopic (exact) mass is 1050 g/mol. The van der Waals surface area contributed by atoms with Gasteiger partial charge in [0.2, 0.25) is 0 Å². The van der Waals surface area contributed by atoms with Crippen molar-refractivity contribution in [2.24, 2.45) is 5.73 Å². The van der Waals surface area contributed by atoms with Gasteiger partial charge in [-0.2, -0.15) is 0 Å². The Balaban J connectivity index is 3.67. The molecule has 0 fully saturated rings. The van der Waals surface area contributed by atoms with E-state index in [0.29, 0.717) is 6.42 Å². The Morgan fingerprint density at radius 1 is 0.397 bits per heavy atom. The van der Waals surface area contributed by atoms with Gasteiger partial charge < -0.3 is 20.1 Å². The molecule has 434 valence electrons. The second-order valence-electron chi connectivity index (χ2n) is 22.0. The van der Waals surface area contributed by atoms with Crippen LogP contribution in [0.4, 0.5) is 0 Å². The number of rotatable bonds is 62. The number of nitrogens with two attached hydrogens (primary N) is 1. The number of unbranched alkanes of at least 4 members (excludes halogenated alkanes) is 47. The number of carbonyl (C=O) groups is 2. The summed E-state index contributed by atoms with van der Waals surface area (Å²) in [6.45, 7) is 3.77. The SMILES string of the molecule is CCCCCC/C=C\CCCCCCCC(=O)OC(COC(=O)CCCCCCCCCCCCCCCCCCCCCCCCCCCCCCCCCCCCCCCCC)COP(=O)(O)OCCN. The summed E-state index contributed by atoms with van der Waals surface area (Å²) in [4.78, 5) is 35.1. The largest absolute Gasteiger partial charge is 0.472 e. The van der Waals surface area contributed by atoms with Crippen LogP contribution in [0.15, 0.2) is 12.2 Å². The van der Waals surface area contributed by atoms with Crippen LogP contribution in [0.3, 0.4) is 0 Å². The first-order valence-electron chi connectivity index (χ1n) is 32.2. The summed E-state index contributed by atoms with van der Waals surface area (Å²) in [5.74, 6) is -0.821. The molecule has 0 saturated heterocycles. The number of hydrogen-bond donors (Lipinski definition) is 2. The first-order chi connectivity index (χ1) is 35.8. The van der Waals surface area contributed by atoms with Gasteiger partial charge in [0.15, 0.2) is 6.10 Å². The van der Waals surface area contributed by atoms with Gasteiger partial charge in [0.05, 0.1) is 13.2 Å². The van der Waals surface area contributed by atoms with Crippen molar-refractivity contribution >= 4 is 19.8 Å². The zero-order valence-electron chi connectivity index (χ0n) is 48.7. The van der Waals surface area contributed by atoms with Crippen molar-refractivity contribution in [3.63, 3.8) is 0 Å². The van der Waals surface area contributed by atoms with E-state index in [-0.39, 0.29) is 38.6 Å². The summed E-state index contributed by atoms with van der Waals surface area (Å²) in [5, 5.41) is 0. The standard InChI is InChI=1S/C63H124NO8P/c1-3-5-7-9-11-13-15-17-18-19-20-21-22-23-24-25-26-27-28-29-30-31-32-33-34-35-36-37-38-39-40-41-42-44-45-47-49-51-53-55-62(65)69-59-61(60-71-73(67,68)70-58-57-64)72-63(66)56-54-52-50-48-46-43-16-14-12-10-8-6-4-2/h14,16,61H,3-13,15,17-60,64H2,1-2H3,(H,67,68)/b16-14-. The van der Waals surface area contributed by atoms with Crippen LogP contribution in [-0.4, -0.2) is 49.3 Å². The number of ether oxygens (including phenoxy) is 2. The van der Waals surface area contributed by atoms with E-state index in [0.717, 1.165) is 51.4 Å². The van der Waals surface area contributed by atoms with Crippen LogP contribution < -0.4 is 5.73 Å². The fraction of sp³-hybridized carbons (Fsp3) is 0.937. The fourth-order valence-corrected chi connectivity index (χ4v) is 10.6. The van der Waals surface area contributed by atoms with E-state index in [9.17, 15) is 19.0 Å². The zero-order valence-corrected chi connectivity index (χ0v) is 49.6. The first kappa shape index (κ1) is 71.8. The van der Waals surface area contributed by atoms with Crippen LogP contribution in [0.1, 0.15) is 348 Å². The zero-order chi connectivity index (χ0) is 53.1. The third kappa shape index (κ3) is 59.8. The molecule has 10 heteroatoms. The second-order valence-corrected chi connectivity index (χ2v) is 23.4. The van der Waals surface area contributed by atoms with Crippen molar-refractivity contribution in [3.05, 3.63) is 12.2 Å². The lowest BCUT2D eigenvalue weighted by Gasteiger charge is -2.19. The van der Waals surface area contributed by atoms with Crippen molar-refractivity contribution in [2.45, 2.75) is 354 Å². The van der Waals surface area contributed by atoms with Crippen LogP contribution >= 0.6 is 7.82 Å². The molecule has 0 aromatic rings. The normalized spacial score (nSPS) is 13.0. The second kappa shape index (κ2) is 60.0. The smallest absolute Gasteiger partial charge is 0.462 e. The Kier molecular flexibility index (Phi) is 59.0. The van der Waals surface area contributed by atoms with Gasteiger partial charge in [0, 0.05) is 19.4 Å². The van der Waals surface area contributed by atoms with Gasteiger partial charge in [-0.05, 0) is 38.5 Å². The van der Waals surface area contributed by atoms with Crippen molar-refractivity contribution < 1.29 is 37.6 Å². The molecule has 0 spiro atoms. The molecule has 0 aliphatic carbocycles. The third-order valence-corrected chi connectivity index (χ3v) is 15.6. The van der Waals surface area contributed by atoms with Crippen LogP contribution in [0, 0.1) is 0 Å². The Labute approximate surface area is 453 Å². The summed E-state index contributed by atoms with van der Waals surface area (Å²) in [6, 6.07) is 0. The molecule has 0 aromatic carbocycles. The van der Waals surface area contributed by atoms with Crippen molar-refractivity contribution in [2.75, 3.05) is 26.4 Å². The number of phosphoric ester groups is 1. The fourth-order valence-electron chi connectivity index (χ4n) is 9.87. The van der Waals surface area contributed by atoms with E-state index in [1.165, 1.54) is 263 Å². The Morgan fingerprint density at radius 3 is 0.986 bits per heavy atom. The Morgan fingerprint density at radius 2 is 0.671 bits per heavy atom. The molecular weight excluding hydrogens is 930 g/mol. The van der Waals surface area contributed by atoms with E-state index in [1.54, 1.807) is 0 Å². The van der Waals surface area contributed by atoms with Crippen molar-refractivity contribution in [1.29, 1.82) is 0 Å². The van der Waals surface area contributed by atoms with E-state index in [1.807, 2.05) is 0 Å². The van der Waals surface area contributed by atoms with Crippen LogP contribution in [0.25, 0.3) is 0 Å². The maximum Gasteiger partial charge on any atom is 0.472 e. The van der Waals surface area contributed by atoms with Gasteiger partial charge in [-0.1, -0.05) is 309 Å². The minimum absolute atomic E-state index is 0.0551. The summed E-state index contributed by atoms with van der Waals surface area (Å²) < 4.78 is 33.0. The Hall–Kier alpha value is -1.25. The lowest BCUT2D eigenvalue weighted by atomic mass is 10.0. The van der Waals surface area contributed by atoms with Gasteiger partial charge in [-0.3, -0.25) is 18.6 Å². The van der Waals surface area contributed by atoms with Crippen molar-refractivity contribution in [1.82, 2.24) is 0 Å². The quantitative estimate of drug-likeness (QED) is 0.0264. The highest BCUT2D eigenvalue weighted by Gasteiger charge is 2.26. The highest BCUT2D eigenvalue weighted by molar-refractivity contribution is 7.47. The molecule has 0 aliphatic rings. The predicted octanol–water partition coefficient (Wildman–Crippen LogP) is 20.4. The lowest BCUT2D eigenvalue weighted by Crippen LogP contribution is -2.29. The summed E-state index contributed by atoms with van der Waals surface area (Å²) in [5.41, 5.74) is 5.37. The van der Waals surface area contributed by atoms with Crippen LogP contribution in [0.2, 0.25) is 0 Å². The highest BCUT2D eigenvalue weighted by atomic mass is 31.2. The number of esters is 2. The number of carbonyl (C=O) groups excluding carboxylic acids is 2. The molecule has 0 aliphatic heterocycles. The van der Waals surface area contributed by atoms with Gasteiger partial charge in [0.1, 0.15) is 6.61 Å². The molecule has 9 nitrogen and oxygen atoms in total. The molecule has 0 amide bonds. The van der Waals surface area contributed by atoms with Gasteiger partial charge in [0.25, 0.3) is 0 Å². The number of allylic oxidation sites excluding steroid dienone is 2. The average molecular weight is 1050 g/mol. The van der Waals surface area contributed by atoms with Gasteiger partial charge >= 0.3 is 19.8 Å². The maximum absolute atomic E-state index is 12.6. The minimum atomic E-state index is -4.38. The molecule has 2 atom stereocenters. The van der Waals surface area contributed by atoms with Crippen molar-refractivity contribution in [3.8, 4) is 0 Å². The van der Waals surface area contributed by atoms with Crippen LogP contribution in [-0.2, 0) is 32.7 Å². The molecule has 0 saturated carbocycles. The molecular formula is C63H124NO8P. The van der Waals surface area contributed by atoms with E-state index >= 15 is 0 Å². The molecule has 0 bridgehead atoms. The summed E-state index contributed by atoms with van der Waals surface area (Å²) in [6.07, 6.45) is 70.5. The molecule has 0 radical (unpaired) electrons. The third-order valence-electron chi connectivity index (χ3n) is 14.7. The Bertz CT molecular complexity index is 1200. The highest BCUT2D eigenvalue weighted by Crippen LogP contribution is 2.43. The predicted molar refractivity (Wildman–Crippen MR) is 312 cm³/mol. The lowest BCUT2D eigenvalue weighted by molar-refractivity contribution is -0.161. The summed E-state index contributed by atoms with van der Waals surface area (Å²) >= 11 is 0. The van der Waals surface area contributed by atoms with E-state index < -0.39 is 26.5 Å². The molecule has 0 aromatic heterocycles.